The molecule has 0 spiro atoms. The van der Waals surface area contributed by atoms with Gasteiger partial charge < -0.3 is 9.64 Å². The highest BCUT2D eigenvalue weighted by molar-refractivity contribution is 7.14. The number of benzene rings is 2. The van der Waals surface area contributed by atoms with E-state index in [2.05, 4.69) is 11.6 Å². The molecule has 0 aliphatic rings. The highest BCUT2D eigenvalue weighted by Crippen LogP contribution is 2.27. The quantitative estimate of drug-likeness (QED) is 0.402. The first-order valence-electron chi connectivity index (χ1n) is 9.36. The van der Waals surface area contributed by atoms with Crippen LogP contribution in [0.25, 0.3) is 11.3 Å². The second kappa shape index (κ2) is 9.84. The van der Waals surface area contributed by atoms with Crippen LogP contribution in [0.2, 0.25) is 0 Å². The third-order valence-electron chi connectivity index (χ3n) is 4.35. The lowest BCUT2D eigenvalue weighted by atomic mass is 10.2. The molecule has 1 heterocycles. The van der Waals surface area contributed by atoms with Gasteiger partial charge >= 0.3 is 5.97 Å². The maximum Gasteiger partial charge on any atom is 0.338 e. The molecule has 0 unspecified atom stereocenters. The lowest BCUT2D eigenvalue weighted by molar-refractivity contribution is -0.121. The average molecular weight is 422 g/mol. The van der Waals surface area contributed by atoms with Crippen LogP contribution in [0.5, 0.6) is 0 Å². The summed E-state index contributed by atoms with van der Waals surface area (Å²) >= 11 is 1.36. The molecule has 0 atom stereocenters. The highest BCUT2D eigenvalue weighted by atomic mass is 32.1. The van der Waals surface area contributed by atoms with E-state index in [1.165, 1.54) is 16.2 Å². The van der Waals surface area contributed by atoms with Gasteiger partial charge in [0.05, 0.1) is 11.3 Å². The molecule has 0 bridgehead atoms. The molecule has 0 aliphatic carbocycles. The number of esters is 1. The van der Waals surface area contributed by atoms with Crippen molar-refractivity contribution in [1.29, 1.82) is 0 Å². The minimum absolute atomic E-state index is 0.273. The van der Waals surface area contributed by atoms with Crippen LogP contribution >= 0.6 is 11.3 Å². The topological polar surface area (TPSA) is 62.7 Å². The Morgan fingerprint density at radius 1 is 1.10 bits per heavy atom. The third-order valence-corrected chi connectivity index (χ3v) is 5.21. The normalized spacial score (nSPS) is 10.3. The minimum Gasteiger partial charge on any atom is -0.452 e. The number of anilines is 2. The molecule has 0 saturated heterocycles. The Hall–Kier alpha value is -3.45. The summed E-state index contributed by atoms with van der Waals surface area (Å²) in [4.78, 5) is 33.0. The summed E-state index contributed by atoms with van der Waals surface area (Å²) in [7, 11) is 3.84. The molecule has 154 valence electrons. The molecular formula is C23H23N3O3S. The summed E-state index contributed by atoms with van der Waals surface area (Å²) in [6.45, 7) is 3.61. The van der Waals surface area contributed by atoms with E-state index >= 15 is 0 Å². The number of nitrogens with zero attached hydrogens (tertiary/aromatic N) is 3. The number of rotatable bonds is 8. The van der Waals surface area contributed by atoms with Gasteiger partial charge in [0.2, 0.25) is 0 Å². The van der Waals surface area contributed by atoms with E-state index in [0.29, 0.717) is 10.7 Å². The summed E-state index contributed by atoms with van der Waals surface area (Å²) in [6, 6.07) is 16.7. The predicted octanol–water partition coefficient (Wildman–Crippen LogP) is 4.25. The number of hydrogen-bond donors (Lipinski definition) is 0. The van der Waals surface area contributed by atoms with Gasteiger partial charge in [-0.15, -0.1) is 17.9 Å². The van der Waals surface area contributed by atoms with E-state index in [9.17, 15) is 9.59 Å². The second-order valence-electron chi connectivity index (χ2n) is 6.69. The molecule has 7 heteroatoms. The fourth-order valence-corrected chi connectivity index (χ4v) is 3.59. The van der Waals surface area contributed by atoms with Gasteiger partial charge in [0.15, 0.2) is 11.7 Å². The standard InChI is InChI=1S/C23H23N3O3S/c1-4-14-26(23-24-20(16-30-23)17-8-6-5-7-9-17)21(27)15-29-22(28)18-10-12-19(13-11-18)25(2)3/h4-13,16H,1,14-15H2,2-3H3. The molecule has 2 aromatic carbocycles. The zero-order valence-corrected chi connectivity index (χ0v) is 17.8. The van der Waals surface area contributed by atoms with Gasteiger partial charge in [-0.1, -0.05) is 36.4 Å². The van der Waals surface area contributed by atoms with Gasteiger partial charge in [0.1, 0.15) is 0 Å². The van der Waals surface area contributed by atoms with Gasteiger partial charge in [0, 0.05) is 37.3 Å². The minimum atomic E-state index is -0.545. The summed E-state index contributed by atoms with van der Waals surface area (Å²) in [6.07, 6.45) is 1.61. The number of aromatic nitrogens is 1. The molecule has 0 aliphatic heterocycles. The molecule has 0 radical (unpaired) electrons. The van der Waals surface area contributed by atoms with Crippen molar-refractivity contribution in [3.63, 3.8) is 0 Å². The van der Waals surface area contributed by atoms with Crippen LogP contribution in [0.15, 0.2) is 72.6 Å². The van der Waals surface area contributed by atoms with Gasteiger partial charge in [-0.05, 0) is 24.3 Å². The van der Waals surface area contributed by atoms with E-state index < -0.39 is 5.97 Å². The maximum atomic E-state index is 12.7. The SMILES string of the molecule is C=CCN(C(=O)COC(=O)c1ccc(N(C)C)cc1)c1nc(-c2ccccc2)cs1. The number of carbonyl (C=O) groups excluding carboxylic acids is 2. The Bertz CT molecular complexity index is 1010. The van der Waals surface area contributed by atoms with Crippen LogP contribution in [0, 0.1) is 0 Å². The van der Waals surface area contributed by atoms with Gasteiger partial charge in [-0.3, -0.25) is 9.69 Å². The van der Waals surface area contributed by atoms with Crippen molar-refractivity contribution < 1.29 is 14.3 Å². The van der Waals surface area contributed by atoms with Crippen molar-refractivity contribution >= 4 is 34.0 Å². The highest BCUT2D eigenvalue weighted by Gasteiger charge is 2.20. The Labute approximate surface area is 180 Å². The average Bonchev–Trinajstić information content (AvgIpc) is 3.26. The molecule has 3 rings (SSSR count). The number of hydrogen-bond acceptors (Lipinski definition) is 6. The first-order valence-corrected chi connectivity index (χ1v) is 10.2. The first kappa shape index (κ1) is 21.3. The number of carbonyl (C=O) groups is 2. The Morgan fingerprint density at radius 3 is 2.43 bits per heavy atom. The lowest BCUT2D eigenvalue weighted by Crippen LogP contribution is -2.34. The fourth-order valence-electron chi connectivity index (χ4n) is 2.73. The van der Waals surface area contributed by atoms with Gasteiger partial charge in [-0.25, -0.2) is 9.78 Å². The molecule has 6 nitrogen and oxygen atoms in total. The van der Waals surface area contributed by atoms with Crippen molar-refractivity contribution in [2.75, 3.05) is 37.0 Å². The molecule has 1 aromatic heterocycles. The van der Waals surface area contributed by atoms with Crippen molar-refractivity contribution in [1.82, 2.24) is 4.98 Å². The second-order valence-corrected chi connectivity index (χ2v) is 7.53. The predicted molar refractivity (Wildman–Crippen MR) is 121 cm³/mol. The molecule has 3 aromatic rings. The molecule has 30 heavy (non-hydrogen) atoms. The van der Waals surface area contributed by atoms with Crippen molar-refractivity contribution in [2.24, 2.45) is 0 Å². The smallest absolute Gasteiger partial charge is 0.338 e. The summed E-state index contributed by atoms with van der Waals surface area (Å²) < 4.78 is 5.23. The summed E-state index contributed by atoms with van der Waals surface area (Å²) in [5.74, 6) is -0.904. The molecule has 0 fully saturated rings. The number of ether oxygens (including phenoxy) is 1. The number of thiazole rings is 1. The summed E-state index contributed by atoms with van der Waals surface area (Å²) in [5, 5.41) is 2.43. The van der Waals surface area contributed by atoms with Gasteiger partial charge in [0.25, 0.3) is 5.91 Å². The number of amides is 1. The van der Waals surface area contributed by atoms with Crippen molar-refractivity contribution in [3.05, 3.63) is 78.2 Å². The van der Waals surface area contributed by atoms with E-state index in [1.807, 2.05) is 66.8 Å². The van der Waals surface area contributed by atoms with E-state index in [1.54, 1.807) is 18.2 Å². The van der Waals surface area contributed by atoms with Crippen molar-refractivity contribution in [3.8, 4) is 11.3 Å². The van der Waals surface area contributed by atoms with Crippen LogP contribution in [0.1, 0.15) is 10.4 Å². The Kier molecular flexibility index (Phi) is 6.98. The van der Waals surface area contributed by atoms with Crippen LogP contribution in [0.4, 0.5) is 10.8 Å². The van der Waals surface area contributed by atoms with E-state index in [0.717, 1.165) is 16.9 Å². The summed E-state index contributed by atoms with van der Waals surface area (Å²) in [5.41, 5.74) is 3.12. The van der Waals surface area contributed by atoms with Gasteiger partial charge in [-0.2, -0.15) is 0 Å². The molecular weight excluding hydrogens is 398 g/mol. The zero-order valence-electron chi connectivity index (χ0n) is 16.9. The Balaban J connectivity index is 1.66. The molecule has 0 N–H and O–H groups in total. The van der Waals surface area contributed by atoms with E-state index in [-0.39, 0.29) is 19.1 Å². The first-order chi connectivity index (χ1) is 14.5. The Morgan fingerprint density at radius 2 is 1.80 bits per heavy atom. The lowest BCUT2D eigenvalue weighted by Gasteiger charge is -2.18. The van der Waals surface area contributed by atoms with Crippen molar-refractivity contribution in [2.45, 2.75) is 0 Å². The zero-order chi connectivity index (χ0) is 21.5. The fraction of sp³-hybridized carbons (Fsp3) is 0.174. The van der Waals surface area contributed by atoms with Crippen LogP contribution in [-0.4, -0.2) is 44.1 Å². The molecule has 0 saturated carbocycles. The largest absolute Gasteiger partial charge is 0.452 e. The monoisotopic (exact) mass is 421 g/mol. The van der Waals surface area contributed by atoms with E-state index in [4.69, 9.17) is 4.74 Å². The van der Waals surface area contributed by atoms with Crippen LogP contribution in [0.3, 0.4) is 0 Å². The maximum absolute atomic E-state index is 12.7. The molecule has 1 amide bonds. The third kappa shape index (κ3) is 5.12. The van der Waals surface area contributed by atoms with Crippen LogP contribution < -0.4 is 9.80 Å². The van der Waals surface area contributed by atoms with Crippen LogP contribution in [-0.2, 0) is 9.53 Å².